The minimum atomic E-state index is -0.450. The van der Waals surface area contributed by atoms with Gasteiger partial charge in [0.05, 0.1) is 0 Å². The van der Waals surface area contributed by atoms with E-state index in [-0.39, 0.29) is 0 Å². The first-order valence-corrected chi connectivity index (χ1v) is 17.3. The van der Waals surface area contributed by atoms with Gasteiger partial charge in [-0.2, -0.15) is 0 Å². The Morgan fingerprint density at radius 1 is 0.412 bits per heavy atom. The van der Waals surface area contributed by atoms with Crippen molar-refractivity contribution < 1.29 is 4.42 Å². The molecule has 1 unspecified atom stereocenters. The Kier molecular flexibility index (Phi) is 6.85. The molecule has 10 rings (SSSR count). The van der Waals surface area contributed by atoms with Gasteiger partial charge in [-0.15, -0.1) is 0 Å². The second kappa shape index (κ2) is 12.0. The molecule has 240 valence electrons. The molecule has 0 aliphatic carbocycles. The zero-order chi connectivity index (χ0) is 33.7. The van der Waals surface area contributed by atoms with Crippen molar-refractivity contribution in [2.45, 2.75) is 6.17 Å². The van der Waals surface area contributed by atoms with Gasteiger partial charge in [-0.3, -0.25) is 0 Å². The smallest absolute Gasteiger partial charge is 0.169 e. The number of amidine groups is 2. The van der Waals surface area contributed by atoms with Crippen molar-refractivity contribution in [3.63, 3.8) is 0 Å². The van der Waals surface area contributed by atoms with Gasteiger partial charge in [0, 0.05) is 21.9 Å². The maximum atomic E-state index is 6.53. The molecule has 51 heavy (non-hydrogen) atoms. The molecule has 4 nitrogen and oxygen atoms in total. The Morgan fingerprint density at radius 2 is 1.02 bits per heavy atom. The standard InChI is InChI=1S/C47H31N3O/c1-3-11-30(12-4-1)31-19-21-32(22-20-31)37-28-41(44-40-17-9-10-18-42(40)51-43(44)29-37)47-49-45(34-14-5-2-6-15-34)48-46(50-47)36-25-26-39-35(27-36)24-23-33-13-7-8-16-38(33)39/h1-29,46H,(H,48,49,50). The fourth-order valence-corrected chi connectivity index (χ4v) is 7.36. The van der Waals surface area contributed by atoms with Crippen LogP contribution >= 0.6 is 0 Å². The Labute approximate surface area is 295 Å². The molecule has 1 aromatic heterocycles. The summed E-state index contributed by atoms with van der Waals surface area (Å²) in [5, 5.41) is 10.6. The number of benzene rings is 8. The second-order valence-corrected chi connectivity index (χ2v) is 13.0. The largest absolute Gasteiger partial charge is 0.456 e. The van der Waals surface area contributed by atoms with E-state index in [1.165, 1.54) is 32.7 Å². The SMILES string of the molecule is c1ccc(C2=NC(c3ccc4c(ccc5ccccc54)c3)N=C(c3cc(-c4ccc(-c5ccccc5)cc4)cc4oc5ccccc5c34)N2)cc1. The molecule has 0 radical (unpaired) electrons. The number of nitrogens with zero attached hydrogens (tertiary/aromatic N) is 2. The van der Waals surface area contributed by atoms with Gasteiger partial charge in [0.15, 0.2) is 6.17 Å². The summed E-state index contributed by atoms with van der Waals surface area (Å²) in [5.74, 6) is 1.54. The predicted octanol–water partition coefficient (Wildman–Crippen LogP) is 11.7. The summed E-state index contributed by atoms with van der Waals surface area (Å²) < 4.78 is 6.53. The van der Waals surface area contributed by atoms with Gasteiger partial charge in [-0.1, -0.05) is 152 Å². The quantitative estimate of drug-likeness (QED) is 0.188. The average Bonchev–Trinajstić information content (AvgIpc) is 3.59. The lowest BCUT2D eigenvalue weighted by Crippen LogP contribution is -2.36. The van der Waals surface area contributed by atoms with Gasteiger partial charge >= 0.3 is 0 Å². The van der Waals surface area contributed by atoms with E-state index in [1.807, 2.05) is 36.4 Å². The summed E-state index contributed by atoms with van der Waals surface area (Å²) in [5.41, 5.74) is 9.20. The monoisotopic (exact) mass is 653 g/mol. The van der Waals surface area contributed by atoms with E-state index in [0.29, 0.717) is 0 Å². The van der Waals surface area contributed by atoms with Crippen LogP contribution in [-0.4, -0.2) is 11.7 Å². The summed E-state index contributed by atoms with van der Waals surface area (Å²) in [6.45, 7) is 0. The van der Waals surface area contributed by atoms with Crippen LogP contribution in [0.25, 0.3) is 65.7 Å². The zero-order valence-electron chi connectivity index (χ0n) is 27.6. The Hall–Kier alpha value is -6.78. The predicted molar refractivity (Wildman–Crippen MR) is 211 cm³/mol. The highest BCUT2D eigenvalue weighted by Crippen LogP contribution is 2.38. The summed E-state index contributed by atoms with van der Waals surface area (Å²) in [6.07, 6.45) is -0.450. The molecule has 1 N–H and O–H groups in total. The topological polar surface area (TPSA) is 49.9 Å². The molecule has 0 bridgehead atoms. The number of fused-ring (bicyclic) bond motifs is 6. The highest BCUT2D eigenvalue weighted by atomic mass is 16.3. The van der Waals surface area contributed by atoms with Crippen molar-refractivity contribution in [1.82, 2.24) is 5.32 Å². The first-order valence-electron chi connectivity index (χ1n) is 17.3. The number of hydrogen-bond donors (Lipinski definition) is 1. The van der Waals surface area contributed by atoms with Crippen LogP contribution in [0.2, 0.25) is 0 Å². The van der Waals surface area contributed by atoms with E-state index >= 15 is 0 Å². The van der Waals surface area contributed by atoms with Crippen LogP contribution in [0.1, 0.15) is 22.9 Å². The summed E-state index contributed by atoms with van der Waals surface area (Å²) in [6, 6.07) is 61.7. The molecule has 2 heterocycles. The Balaban J connectivity index is 1.15. The van der Waals surface area contributed by atoms with Gasteiger partial charge in [-0.25, -0.2) is 9.98 Å². The fraction of sp³-hybridized carbons (Fsp3) is 0.0213. The Morgan fingerprint density at radius 3 is 1.82 bits per heavy atom. The molecule has 1 aliphatic rings. The fourth-order valence-electron chi connectivity index (χ4n) is 7.36. The van der Waals surface area contributed by atoms with Crippen LogP contribution in [0.15, 0.2) is 190 Å². The van der Waals surface area contributed by atoms with Crippen molar-refractivity contribution in [2.75, 3.05) is 0 Å². The van der Waals surface area contributed by atoms with E-state index in [2.05, 4.69) is 145 Å². The van der Waals surface area contributed by atoms with Gasteiger partial charge in [-0.05, 0) is 73.6 Å². The Bertz CT molecular complexity index is 2820. The molecular weight excluding hydrogens is 623 g/mol. The van der Waals surface area contributed by atoms with E-state index < -0.39 is 6.17 Å². The van der Waals surface area contributed by atoms with Crippen molar-refractivity contribution >= 4 is 55.2 Å². The van der Waals surface area contributed by atoms with Crippen LogP contribution in [0, 0.1) is 0 Å². The van der Waals surface area contributed by atoms with Crippen LogP contribution in [0.4, 0.5) is 0 Å². The summed E-state index contributed by atoms with van der Waals surface area (Å²) in [4.78, 5) is 10.6. The minimum Gasteiger partial charge on any atom is -0.456 e. The molecule has 0 spiro atoms. The number of hydrogen-bond acceptors (Lipinski definition) is 4. The molecule has 0 saturated carbocycles. The summed E-state index contributed by atoms with van der Waals surface area (Å²) in [7, 11) is 0. The van der Waals surface area contributed by atoms with Crippen molar-refractivity contribution in [3.05, 3.63) is 193 Å². The molecule has 8 aromatic carbocycles. The first kappa shape index (κ1) is 29.2. The maximum Gasteiger partial charge on any atom is 0.169 e. The minimum absolute atomic E-state index is 0.450. The van der Waals surface area contributed by atoms with Crippen LogP contribution in [0.3, 0.4) is 0 Å². The van der Waals surface area contributed by atoms with Crippen molar-refractivity contribution in [2.24, 2.45) is 9.98 Å². The maximum absolute atomic E-state index is 6.53. The third-order valence-electron chi connectivity index (χ3n) is 9.91. The first-order chi connectivity index (χ1) is 25.2. The molecule has 1 aliphatic heterocycles. The third kappa shape index (κ3) is 5.17. The molecule has 1 atom stereocenters. The van der Waals surface area contributed by atoms with Crippen LogP contribution in [-0.2, 0) is 0 Å². The number of furan rings is 1. The van der Waals surface area contributed by atoms with E-state index in [1.54, 1.807) is 0 Å². The molecule has 0 fully saturated rings. The van der Waals surface area contributed by atoms with Crippen LogP contribution in [0.5, 0.6) is 0 Å². The highest BCUT2D eigenvalue weighted by Gasteiger charge is 2.25. The van der Waals surface area contributed by atoms with Gasteiger partial charge in [0.1, 0.15) is 22.8 Å². The van der Waals surface area contributed by atoms with Gasteiger partial charge in [0.25, 0.3) is 0 Å². The number of nitrogens with one attached hydrogen (secondary N) is 1. The number of rotatable bonds is 5. The lowest BCUT2D eigenvalue weighted by Gasteiger charge is -2.23. The molecule has 0 saturated heterocycles. The van der Waals surface area contributed by atoms with E-state index in [0.717, 1.165) is 61.4 Å². The molecule has 4 heteroatoms. The van der Waals surface area contributed by atoms with Gasteiger partial charge < -0.3 is 9.73 Å². The highest BCUT2D eigenvalue weighted by molar-refractivity contribution is 6.24. The second-order valence-electron chi connectivity index (χ2n) is 13.0. The third-order valence-corrected chi connectivity index (χ3v) is 9.91. The van der Waals surface area contributed by atoms with Crippen molar-refractivity contribution in [1.29, 1.82) is 0 Å². The zero-order valence-corrected chi connectivity index (χ0v) is 27.6. The van der Waals surface area contributed by atoms with Crippen LogP contribution < -0.4 is 5.32 Å². The van der Waals surface area contributed by atoms with Gasteiger partial charge in [0.2, 0.25) is 0 Å². The molecule has 9 aromatic rings. The van der Waals surface area contributed by atoms with E-state index in [9.17, 15) is 0 Å². The van der Waals surface area contributed by atoms with E-state index in [4.69, 9.17) is 14.4 Å². The van der Waals surface area contributed by atoms with Crippen molar-refractivity contribution in [3.8, 4) is 22.3 Å². The molecule has 0 amide bonds. The number of aliphatic imine (C=N–C) groups is 2. The lowest BCUT2D eigenvalue weighted by molar-refractivity contribution is 0.669. The average molecular weight is 654 g/mol. The number of para-hydroxylation sites is 1. The summed E-state index contributed by atoms with van der Waals surface area (Å²) >= 11 is 0. The lowest BCUT2D eigenvalue weighted by atomic mass is 9.96. The molecular formula is C47H31N3O. The normalized spacial score (nSPS) is 14.5.